The van der Waals surface area contributed by atoms with Crippen LogP contribution in [-0.2, 0) is 0 Å². The van der Waals surface area contributed by atoms with Crippen LogP contribution in [0.4, 0.5) is 0 Å². The molecule has 0 atom stereocenters. The first-order chi connectivity index (χ1) is 8.04. The van der Waals surface area contributed by atoms with Gasteiger partial charge in [0.25, 0.3) is 5.91 Å². The third kappa shape index (κ3) is 3.07. The number of hydrogen-bond acceptors (Lipinski definition) is 2. The summed E-state index contributed by atoms with van der Waals surface area (Å²) in [5.74, 6) is 0.595. The van der Waals surface area contributed by atoms with Gasteiger partial charge in [-0.25, -0.2) is 0 Å². The Labute approximate surface area is 102 Å². The predicted molar refractivity (Wildman–Crippen MR) is 68.9 cm³/mol. The van der Waals surface area contributed by atoms with E-state index in [2.05, 4.69) is 11.4 Å². The van der Waals surface area contributed by atoms with Gasteiger partial charge in [0.15, 0.2) is 0 Å². The van der Waals surface area contributed by atoms with Gasteiger partial charge in [0.1, 0.15) is 0 Å². The number of aryl methyl sites for hydroxylation is 2. The summed E-state index contributed by atoms with van der Waals surface area (Å²) < 4.78 is 0. The molecule has 1 aromatic rings. The number of amides is 1. The normalized spacial score (nSPS) is 23.0. The summed E-state index contributed by atoms with van der Waals surface area (Å²) in [5, 5.41) is 2.98. The van der Waals surface area contributed by atoms with Crippen LogP contribution in [0.5, 0.6) is 0 Å². The largest absolute Gasteiger partial charge is 0.352 e. The van der Waals surface area contributed by atoms with Crippen molar-refractivity contribution in [1.29, 1.82) is 0 Å². The Morgan fingerprint density at radius 1 is 1.29 bits per heavy atom. The molecule has 1 fully saturated rings. The Morgan fingerprint density at radius 2 is 1.88 bits per heavy atom. The number of benzene rings is 1. The number of carbonyl (C=O) groups excluding carboxylic acids is 1. The number of carbonyl (C=O) groups is 1. The topological polar surface area (TPSA) is 55.1 Å². The van der Waals surface area contributed by atoms with Gasteiger partial charge in [0.05, 0.1) is 0 Å². The second kappa shape index (κ2) is 4.88. The molecule has 0 bridgehead atoms. The number of hydrogen-bond donors (Lipinski definition) is 2. The Balaban J connectivity index is 1.90. The highest BCUT2D eigenvalue weighted by molar-refractivity contribution is 5.94. The molecule has 3 nitrogen and oxygen atoms in total. The third-order valence-electron chi connectivity index (χ3n) is 3.31. The predicted octanol–water partition coefficient (Wildman–Crippen LogP) is 1.77. The molecule has 3 heteroatoms. The lowest BCUT2D eigenvalue weighted by Crippen LogP contribution is -2.42. The van der Waals surface area contributed by atoms with Crippen molar-refractivity contribution in [3.63, 3.8) is 0 Å². The standard InChI is InChI=1S/C14H20N2O/c1-9-3-10(2)5-12(4-9)14(17)16-8-11-6-13(15)7-11/h3-5,11,13H,6-8,15H2,1-2H3,(H,16,17). The van der Waals surface area contributed by atoms with E-state index in [-0.39, 0.29) is 5.91 Å². The zero-order chi connectivity index (χ0) is 12.4. The highest BCUT2D eigenvalue weighted by Crippen LogP contribution is 2.24. The van der Waals surface area contributed by atoms with Crippen LogP contribution in [0.1, 0.15) is 34.3 Å². The minimum atomic E-state index is 0.0253. The summed E-state index contributed by atoms with van der Waals surface area (Å²) in [6.07, 6.45) is 2.07. The lowest BCUT2D eigenvalue weighted by Gasteiger charge is -2.32. The number of rotatable bonds is 3. The average molecular weight is 232 g/mol. The molecule has 1 aromatic carbocycles. The molecule has 0 aliphatic heterocycles. The van der Waals surface area contributed by atoms with E-state index in [0.717, 1.165) is 36.1 Å². The van der Waals surface area contributed by atoms with Gasteiger partial charge < -0.3 is 11.1 Å². The van der Waals surface area contributed by atoms with E-state index < -0.39 is 0 Å². The Morgan fingerprint density at radius 3 is 2.41 bits per heavy atom. The fourth-order valence-electron chi connectivity index (χ4n) is 2.40. The monoisotopic (exact) mass is 232 g/mol. The Bertz CT molecular complexity index is 402. The molecule has 3 N–H and O–H groups in total. The minimum absolute atomic E-state index is 0.0253. The first-order valence-electron chi connectivity index (χ1n) is 6.16. The van der Waals surface area contributed by atoms with Gasteiger partial charge in [-0.15, -0.1) is 0 Å². The minimum Gasteiger partial charge on any atom is -0.352 e. The van der Waals surface area contributed by atoms with Gasteiger partial charge in [-0.2, -0.15) is 0 Å². The third-order valence-corrected chi connectivity index (χ3v) is 3.31. The van der Waals surface area contributed by atoms with Gasteiger partial charge in [0, 0.05) is 18.2 Å². The molecule has 0 unspecified atom stereocenters. The van der Waals surface area contributed by atoms with Crippen LogP contribution in [-0.4, -0.2) is 18.5 Å². The zero-order valence-electron chi connectivity index (χ0n) is 10.5. The second-order valence-electron chi connectivity index (χ2n) is 5.18. The van der Waals surface area contributed by atoms with Crippen LogP contribution in [0, 0.1) is 19.8 Å². The molecular weight excluding hydrogens is 212 g/mol. The molecule has 17 heavy (non-hydrogen) atoms. The number of nitrogens with one attached hydrogen (secondary N) is 1. The van der Waals surface area contributed by atoms with E-state index in [1.54, 1.807) is 0 Å². The summed E-state index contributed by atoms with van der Waals surface area (Å²) in [4.78, 5) is 11.9. The van der Waals surface area contributed by atoms with E-state index in [4.69, 9.17) is 5.73 Å². The van der Waals surface area contributed by atoms with Crippen molar-refractivity contribution in [1.82, 2.24) is 5.32 Å². The van der Waals surface area contributed by atoms with E-state index in [0.29, 0.717) is 12.0 Å². The lowest BCUT2D eigenvalue weighted by atomic mass is 9.81. The number of nitrogens with two attached hydrogens (primary N) is 1. The van der Waals surface area contributed by atoms with Crippen molar-refractivity contribution in [2.24, 2.45) is 11.7 Å². The van der Waals surface area contributed by atoms with Crippen molar-refractivity contribution >= 4 is 5.91 Å². The maximum atomic E-state index is 11.9. The summed E-state index contributed by atoms with van der Waals surface area (Å²) in [5.41, 5.74) is 8.72. The molecule has 0 radical (unpaired) electrons. The van der Waals surface area contributed by atoms with Gasteiger partial charge >= 0.3 is 0 Å². The van der Waals surface area contributed by atoms with Gasteiger partial charge in [-0.3, -0.25) is 4.79 Å². The van der Waals surface area contributed by atoms with Crippen molar-refractivity contribution in [3.05, 3.63) is 34.9 Å². The Kier molecular flexibility index (Phi) is 3.48. The molecule has 1 aliphatic carbocycles. The molecule has 0 heterocycles. The van der Waals surface area contributed by atoms with Crippen LogP contribution in [0.2, 0.25) is 0 Å². The second-order valence-corrected chi connectivity index (χ2v) is 5.18. The van der Waals surface area contributed by atoms with Gasteiger partial charge in [-0.05, 0) is 44.7 Å². The van der Waals surface area contributed by atoms with Crippen LogP contribution in [0.3, 0.4) is 0 Å². The molecule has 1 amide bonds. The first-order valence-corrected chi connectivity index (χ1v) is 6.16. The quantitative estimate of drug-likeness (QED) is 0.834. The average Bonchev–Trinajstić information content (AvgIpc) is 2.21. The molecule has 0 spiro atoms. The maximum absolute atomic E-state index is 11.9. The smallest absolute Gasteiger partial charge is 0.251 e. The molecule has 1 aliphatic rings. The Hall–Kier alpha value is -1.35. The summed E-state index contributed by atoms with van der Waals surface area (Å²) in [6.45, 7) is 4.77. The molecule has 92 valence electrons. The highest BCUT2D eigenvalue weighted by atomic mass is 16.1. The SMILES string of the molecule is Cc1cc(C)cc(C(=O)NCC2CC(N)C2)c1. The molecule has 1 saturated carbocycles. The lowest BCUT2D eigenvalue weighted by molar-refractivity contribution is 0.0935. The van der Waals surface area contributed by atoms with Crippen molar-refractivity contribution < 1.29 is 4.79 Å². The molecule has 0 aromatic heterocycles. The van der Waals surface area contributed by atoms with Crippen LogP contribution < -0.4 is 11.1 Å². The van der Waals surface area contributed by atoms with E-state index in [1.165, 1.54) is 0 Å². The molecule has 2 rings (SSSR count). The van der Waals surface area contributed by atoms with Gasteiger partial charge in [-0.1, -0.05) is 17.2 Å². The van der Waals surface area contributed by atoms with Crippen LogP contribution in [0.25, 0.3) is 0 Å². The van der Waals surface area contributed by atoms with E-state index >= 15 is 0 Å². The van der Waals surface area contributed by atoms with Crippen molar-refractivity contribution in [2.75, 3.05) is 6.54 Å². The highest BCUT2D eigenvalue weighted by Gasteiger charge is 2.25. The first kappa shape index (κ1) is 12.1. The maximum Gasteiger partial charge on any atom is 0.251 e. The molecule has 0 saturated heterocycles. The zero-order valence-corrected chi connectivity index (χ0v) is 10.5. The summed E-state index contributed by atoms with van der Waals surface area (Å²) >= 11 is 0. The summed E-state index contributed by atoms with van der Waals surface area (Å²) in [6, 6.07) is 6.27. The van der Waals surface area contributed by atoms with Crippen LogP contribution >= 0.6 is 0 Å². The van der Waals surface area contributed by atoms with E-state index in [1.807, 2.05) is 26.0 Å². The van der Waals surface area contributed by atoms with Crippen molar-refractivity contribution in [2.45, 2.75) is 32.7 Å². The fourth-order valence-corrected chi connectivity index (χ4v) is 2.40. The summed E-state index contributed by atoms with van der Waals surface area (Å²) in [7, 11) is 0. The van der Waals surface area contributed by atoms with Crippen LogP contribution in [0.15, 0.2) is 18.2 Å². The molecular formula is C14H20N2O. The van der Waals surface area contributed by atoms with E-state index in [9.17, 15) is 4.79 Å². The van der Waals surface area contributed by atoms with Gasteiger partial charge in [0.2, 0.25) is 0 Å². The fraction of sp³-hybridized carbons (Fsp3) is 0.500. The van der Waals surface area contributed by atoms with Crippen molar-refractivity contribution in [3.8, 4) is 0 Å².